The Morgan fingerprint density at radius 1 is 1.22 bits per heavy atom. The lowest BCUT2D eigenvalue weighted by atomic mass is 9.68. The summed E-state index contributed by atoms with van der Waals surface area (Å²) in [6.07, 6.45) is 5.69. The summed E-state index contributed by atoms with van der Waals surface area (Å²) in [7, 11) is -3.67. The average molecular weight is 717 g/mol. The van der Waals surface area contributed by atoms with Gasteiger partial charge in [-0.3, -0.25) is 9.52 Å². The summed E-state index contributed by atoms with van der Waals surface area (Å²) < 4.78 is 53.4. The molecular formula is C36H43ClF2N4O5S. The fourth-order valence-electron chi connectivity index (χ4n) is 8.14. The molecule has 3 N–H and O–H groups in total. The van der Waals surface area contributed by atoms with Gasteiger partial charge >= 0.3 is 6.03 Å². The highest BCUT2D eigenvalue weighted by Crippen LogP contribution is 2.47. The molecule has 5 aliphatic rings. The Kier molecular flexibility index (Phi) is 9.42. The predicted molar refractivity (Wildman–Crippen MR) is 185 cm³/mol. The fraction of sp³-hybridized carbons (Fsp3) is 0.556. The number of aliphatic hydroxyl groups excluding tert-OH is 1. The Balaban J connectivity index is 1.25. The molecule has 13 heteroatoms. The first-order valence-corrected chi connectivity index (χ1v) is 19.3. The molecule has 2 saturated carbocycles. The number of hydrogen-bond donors (Lipinski definition) is 3. The summed E-state index contributed by atoms with van der Waals surface area (Å²) in [6.45, 7) is 3.56. The average Bonchev–Trinajstić information content (AvgIpc) is 3.81. The van der Waals surface area contributed by atoms with E-state index in [2.05, 4.69) is 25.4 Å². The first-order chi connectivity index (χ1) is 23.4. The van der Waals surface area contributed by atoms with E-state index in [1.165, 1.54) is 11.1 Å². The highest BCUT2D eigenvalue weighted by atomic mass is 35.5. The van der Waals surface area contributed by atoms with E-state index in [4.69, 9.17) is 16.3 Å². The summed E-state index contributed by atoms with van der Waals surface area (Å²) in [5, 5.41) is 14.4. The lowest BCUT2D eigenvalue weighted by Crippen LogP contribution is -2.49. The summed E-state index contributed by atoms with van der Waals surface area (Å²) >= 11 is 6.40. The number of aryl methyl sites for hydroxylation is 1. The monoisotopic (exact) mass is 716 g/mol. The summed E-state index contributed by atoms with van der Waals surface area (Å²) in [4.78, 5) is 28.9. The molecular weight excluding hydrogens is 674 g/mol. The number of hydrogen-bond acceptors (Lipinski definition) is 6. The van der Waals surface area contributed by atoms with Crippen LogP contribution >= 0.6 is 11.6 Å². The normalized spacial score (nSPS) is 34.7. The minimum Gasteiger partial charge on any atom is -0.490 e. The Labute approximate surface area is 291 Å². The lowest BCUT2D eigenvalue weighted by Gasteiger charge is -2.45. The van der Waals surface area contributed by atoms with Gasteiger partial charge in [0.25, 0.3) is 5.91 Å². The highest BCUT2D eigenvalue weighted by molar-refractivity contribution is 7.92. The number of carbonyl (C=O) groups is 2. The Morgan fingerprint density at radius 3 is 2.82 bits per heavy atom. The van der Waals surface area contributed by atoms with Crippen molar-refractivity contribution in [3.05, 3.63) is 70.3 Å². The number of halogens is 3. The van der Waals surface area contributed by atoms with Gasteiger partial charge in [-0.05, 0) is 104 Å². The molecule has 3 aliphatic carbocycles. The van der Waals surface area contributed by atoms with Crippen molar-refractivity contribution in [2.45, 2.75) is 75.9 Å². The number of nitrogens with zero attached hydrogens (tertiary/aromatic N) is 2. The van der Waals surface area contributed by atoms with E-state index >= 15 is 0 Å². The molecule has 0 radical (unpaired) electrons. The smallest absolute Gasteiger partial charge is 0.327 e. The first-order valence-electron chi connectivity index (χ1n) is 17.2. The summed E-state index contributed by atoms with van der Waals surface area (Å²) in [5.74, 6) is -1.22. The maximum atomic E-state index is 14.2. The third kappa shape index (κ3) is 7.19. The number of nitrogens with one attached hydrogen (secondary N) is 2. The van der Waals surface area contributed by atoms with Gasteiger partial charge in [0.15, 0.2) is 0 Å². The largest absolute Gasteiger partial charge is 0.490 e. The second kappa shape index (κ2) is 13.5. The Morgan fingerprint density at radius 2 is 2.06 bits per heavy atom. The number of amides is 3. The van der Waals surface area contributed by atoms with Gasteiger partial charge < -0.3 is 20.1 Å². The molecule has 2 aromatic rings. The molecule has 3 amide bonds. The maximum absolute atomic E-state index is 14.2. The molecule has 0 saturated heterocycles. The van der Waals surface area contributed by atoms with E-state index in [0.29, 0.717) is 36.9 Å². The molecule has 2 aliphatic heterocycles. The molecule has 7 rings (SSSR count). The van der Waals surface area contributed by atoms with Gasteiger partial charge in [0, 0.05) is 41.1 Å². The van der Waals surface area contributed by atoms with Crippen molar-refractivity contribution in [2.24, 2.45) is 28.0 Å². The zero-order chi connectivity index (χ0) is 34.5. The fourth-order valence-corrected chi connectivity index (χ4v) is 10.2. The van der Waals surface area contributed by atoms with Crippen LogP contribution in [-0.2, 0) is 21.8 Å². The highest BCUT2D eigenvalue weighted by Gasteiger charge is 2.46. The molecule has 2 heterocycles. The number of aliphatic hydroxyl groups is 1. The van der Waals surface area contributed by atoms with Gasteiger partial charge in [-0.2, -0.15) is 0 Å². The van der Waals surface area contributed by atoms with Gasteiger partial charge in [-0.15, -0.1) is 4.36 Å². The van der Waals surface area contributed by atoms with Gasteiger partial charge in [0.05, 0.1) is 24.2 Å². The number of rotatable bonds is 3. The van der Waals surface area contributed by atoms with E-state index < -0.39 is 46.3 Å². The van der Waals surface area contributed by atoms with Crippen molar-refractivity contribution < 1.29 is 32.4 Å². The van der Waals surface area contributed by atoms with Crippen LogP contribution in [0.25, 0.3) is 0 Å². The molecule has 0 aromatic heterocycles. The van der Waals surface area contributed by atoms with Gasteiger partial charge in [0.2, 0.25) is 6.43 Å². The first kappa shape index (κ1) is 34.2. The van der Waals surface area contributed by atoms with Crippen molar-refractivity contribution in [1.29, 1.82) is 0 Å². The van der Waals surface area contributed by atoms with Crippen molar-refractivity contribution in [2.75, 3.05) is 30.3 Å². The minimum absolute atomic E-state index is 0.0642. The van der Waals surface area contributed by atoms with Crippen LogP contribution in [-0.4, -0.2) is 65.3 Å². The van der Waals surface area contributed by atoms with Gasteiger partial charge in [-0.25, -0.2) is 17.8 Å². The molecule has 264 valence electrons. The van der Waals surface area contributed by atoms with Crippen LogP contribution in [0.1, 0.15) is 66.9 Å². The molecule has 2 fully saturated rings. The summed E-state index contributed by atoms with van der Waals surface area (Å²) in [6, 6.07) is 9.52. The molecule has 2 bridgehead atoms. The maximum Gasteiger partial charge on any atom is 0.327 e. The second-order valence-electron chi connectivity index (χ2n) is 14.7. The number of fused-ring (bicyclic) bond motifs is 4. The van der Waals surface area contributed by atoms with E-state index in [-0.39, 0.29) is 40.9 Å². The van der Waals surface area contributed by atoms with E-state index in [1.807, 2.05) is 25.1 Å². The van der Waals surface area contributed by atoms with Crippen molar-refractivity contribution in [3.63, 3.8) is 0 Å². The van der Waals surface area contributed by atoms with Crippen molar-refractivity contribution in [3.8, 4) is 5.75 Å². The Bertz CT molecular complexity index is 1780. The molecule has 9 nitrogen and oxygen atoms in total. The van der Waals surface area contributed by atoms with Gasteiger partial charge in [0.1, 0.15) is 15.7 Å². The van der Waals surface area contributed by atoms with E-state index in [9.17, 15) is 27.7 Å². The number of carbonyl (C=O) groups excluding carboxylic acids is 2. The van der Waals surface area contributed by atoms with Crippen LogP contribution in [0.4, 0.5) is 19.3 Å². The number of alkyl halides is 2. The number of benzene rings is 2. The van der Waals surface area contributed by atoms with Crippen LogP contribution in [0.2, 0.25) is 5.02 Å². The molecule has 2 aromatic carbocycles. The number of allylic oxidation sites excluding steroid dienone is 1. The van der Waals surface area contributed by atoms with E-state index in [0.717, 1.165) is 37.8 Å². The predicted octanol–water partition coefficient (Wildman–Crippen LogP) is 6.27. The topological polar surface area (TPSA) is 120 Å². The molecule has 1 unspecified atom stereocenters. The van der Waals surface area contributed by atoms with Gasteiger partial charge in [-0.1, -0.05) is 36.7 Å². The van der Waals surface area contributed by atoms with Crippen LogP contribution in [0.15, 0.2) is 52.9 Å². The third-order valence-corrected chi connectivity index (χ3v) is 13.2. The van der Waals surface area contributed by atoms with Crippen molar-refractivity contribution >= 4 is 39.1 Å². The Hall–Kier alpha value is -3.22. The number of anilines is 1. The van der Waals surface area contributed by atoms with E-state index in [1.54, 1.807) is 24.3 Å². The number of urea groups is 1. The van der Waals surface area contributed by atoms with Crippen molar-refractivity contribution in [1.82, 2.24) is 10.0 Å². The lowest BCUT2D eigenvalue weighted by molar-refractivity contribution is 0.0456. The SMILES string of the molecule is C[C@H]1C/C=C/[C@H](O)[C@@H]2CC[C@H]2CN2C[C@@]3(CCCc4cc(Cl)ccc43)COc3ccc(cc32)C(=O)N=S(=O)(NC(=O)N[C@H]2C[C@@H]2C(F)F)C1. The standard InChI is InChI=1S/C36H43ClF2N4O5S/c1-21-4-2-6-31(44)26-10-7-24(26)17-43-19-36(13-3-5-22-14-25(37)9-11-28(22)36)20-48-32-12-8-23(15-30(32)43)34(45)41-49(47,18-21)42-35(46)40-29-16-27(29)33(38)39/h2,6,8-9,11-12,14-15,21,24,26-27,29,31,33,44H,3-5,7,10,13,16-20H2,1H3,(H2,40,41,42,45,46,47)/b6-2+/t21-,24-,26+,27-,29-,31-,36-,49?/m0/s1. The quantitative estimate of drug-likeness (QED) is 0.322. The molecule has 1 spiro atoms. The summed E-state index contributed by atoms with van der Waals surface area (Å²) in [5.41, 5.74) is 3.02. The molecule has 49 heavy (non-hydrogen) atoms. The molecule has 8 atom stereocenters. The minimum atomic E-state index is -3.67. The zero-order valence-electron chi connectivity index (χ0n) is 27.5. The van der Waals surface area contributed by atoms with Crippen LogP contribution in [0.3, 0.4) is 0 Å². The third-order valence-electron chi connectivity index (χ3n) is 11.0. The van der Waals surface area contributed by atoms with Crippen LogP contribution in [0, 0.1) is 23.7 Å². The number of ether oxygens (including phenoxy) is 1. The van der Waals surface area contributed by atoms with Crippen LogP contribution < -0.4 is 19.7 Å². The van der Waals surface area contributed by atoms with Crippen LogP contribution in [0.5, 0.6) is 5.75 Å². The second-order valence-corrected chi connectivity index (χ2v) is 17.1. The zero-order valence-corrected chi connectivity index (χ0v) is 29.0.